The summed E-state index contributed by atoms with van der Waals surface area (Å²) in [4.78, 5) is 27.0. The van der Waals surface area contributed by atoms with Gasteiger partial charge in [-0.3, -0.25) is 14.9 Å². The van der Waals surface area contributed by atoms with E-state index in [1.807, 2.05) is 17.5 Å². The Labute approximate surface area is 144 Å². The summed E-state index contributed by atoms with van der Waals surface area (Å²) in [5.41, 5.74) is -0.557. The minimum absolute atomic E-state index is 0.0335. The molecule has 0 aliphatic heterocycles. The molecule has 0 aliphatic rings. The van der Waals surface area contributed by atoms with Gasteiger partial charge in [-0.25, -0.2) is 4.39 Å². The van der Waals surface area contributed by atoms with Crippen LogP contribution < -0.4 is 5.32 Å². The number of amides is 1. The summed E-state index contributed by atoms with van der Waals surface area (Å²) in [7, 11) is 0. The number of halogens is 1. The molecule has 3 aromatic rings. The van der Waals surface area contributed by atoms with Gasteiger partial charge in [-0.2, -0.15) is 4.98 Å². The topological polar surface area (TPSA) is 111 Å². The third kappa shape index (κ3) is 4.04. The fourth-order valence-corrected chi connectivity index (χ4v) is 2.67. The summed E-state index contributed by atoms with van der Waals surface area (Å²) in [5.74, 6) is -0.555. The van der Waals surface area contributed by atoms with Crippen LogP contribution in [0.3, 0.4) is 0 Å². The van der Waals surface area contributed by atoms with Crippen molar-refractivity contribution >= 4 is 28.6 Å². The molecule has 1 amide bonds. The number of non-ortho nitro benzene ring substituents is 1. The molecular formula is C15H11FN4O4S. The zero-order valence-electron chi connectivity index (χ0n) is 12.6. The predicted molar refractivity (Wildman–Crippen MR) is 87.6 cm³/mol. The molecule has 0 saturated carbocycles. The summed E-state index contributed by atoms with van der Waals surface area (Å²) in [6.45, 7) is 0. The van der Waals surface area contributed by atoms with Gasteiger partial charge in [-0.15, -0.1) is 11.3 Å². The van der Waals surface area contributed by atoms with Crippen molar-refractivity contribution in [1.82, 2.24) is 10.1 Å². The van der Waals surface area contributed by atoms with Gasteiger partial charge in [0.05, 0.1) is 15.5 Å². The van der Waals surface area contributed by atoms with Gasteiger partial charge in [0, 0.05) is 25.0 Å². The number of anilines is 1. The number of hydrogen-bond acceptors (Lipinski definition) is 7. The number of nitro groups is 1. The van der Waals surface area contributed by atoms with Crippen LogP contribution in [0.2, 0.25) is 0 Å². The first-order valence-corrected chi connectivity index (χ1v) is 8.01. The van der Waals surface area contributed by atoms with Gasteiger partial charge in [-0.05, 0) is 17.5 Å². The van der Waals surface area contributed by atoms with E-state index >= 15 is 0 Å². The van der Waals surface area contributed by atoms with Crippen molar-refractivity contribution in [2.24, 2.45) is 0 Å². The largest absolute Gasteiger partial charge is 0.339 e. The number of nitrogens with zero attached hydrogens (tertiary/aromatic N) is 3. The molecule has 0 aliphatic carbocycles. The molecule has 0 saturated heterocycles. The Balaban J connectivity index is 1.60. The second-order valence-electron chi connectivity index (χ2n) is 4.96. The molecule has 0 unspecified atom stereocenters. The van der Waals surface area contributed by atoms with E-state index in [9.17, 15) is 19.3 Å². The number of nitro benzene ring substituents is 1. The van der Waals surface area contributed by atoms with E-state index in [1.165, 1.54) is 11.3 Å². The lowest BCUT2D eigenvalue weighted by Gasteiger charge is -2.05. The van der Waals surface area contributed by atoms with Gasteiger partial charge in [0.25, 0.3) is 5.69 Å². The molecule has 0 atom stereocenters. The lowest BCUT2D eigenvalue weighted by molar-refractivity contribution is -0.384. The zero-order valence-corrected chi connectivity index (χ0v) is 13.5. The Bertz CT molecular complexity index is 910. The Morgan fingerprint density at radius 2 is 2.24 bits per heavy atom. The maximum atomic E-state index is 13.6. The highest BCUT2D eigenvalue weighted by atomic mass is 32.1. The van der Waals surface area contributed by atoms with E-state index in [-0.39, 0.29) is 30.1 Å². The van der Waals surface area contributed by atoms with Gasteiger partial charge in [0.1, 0.15) is 5.82 Å². The number of thiophene rings is 1. The summed E-state index contributed by atoms with van der Waals surface area (Å²) < 4.78 is 18.7. The average molecular weight is 362 g/mol. The van der Waals surface area contributed by atoms with Crippen molar-refractivity contribution in [2.45, 2.75) is 12.8 Å². The zero-order chi connectivity index (χ0) is 17.8. The lowest BCUT2D eigenvalue weighted by Crippen LogP contribution is -2.13. The average Bonchev–Trinajstić information content (AvgIpc) is 3.26. The molecule has 2 aromatic heterocycles. The van der Waals surface area contributed by atoms with Crippen molar-refractivity contribution in [3.05, 3.63) is 57.5 Å². The minimum Gasteiger partial charge on any atom is -0.339 e. The molecular weight excluding hydrogens is 351 g/mol. The molecule has 10 heteroatoms. The van der Waals surface area contributed by atoms with Crippen molar-refractivity contribution in [1.29, 1.82) is 0 Å². The quantitative estimate of drug-likeness (QED) is 0.531. The molecule has 2 heterocycles. The van der Waals surface area contributed by atoms with E-state index in [2.05, 4.69) is 15.5 Å². The Hall–Kier alpha value is -3.14. The summed E-state index contributed by atoms with van der Waals surface area (Å²) in [6, 6.07) is 6.62. The number of hydrogen-bond donors (Lipinski definition) is 1. The molecule has 3 rings (SSSR count). The monoisotopic (exact) mass is 362 g/mol. The number of aromatic nitrogens is 2. The Kier molecular flexibility index (Phi) is 4.80. The summed E-state index contributed by atoms with van der Waals surface area (Å²) in [6.07, 6.45) is 0.134. The fourth-order valence-electron chi connectivity index (χ4n) is 2.02. The molecule has 0 bridgehead atoms. The van der Waals surface area contributed by atoms with Crippen LogP contribution >= 0.6 is 11.3 Å². The smallest absolute Gasteiger partial charge is 0.271 e. The van der Waals surface area contributed by atoms with E-state index in [0.29, 0.717) is 5.82 Å². The van der Waals surface area contributed by atoms with Gasteiger partial charge in [0.2, 0.25) is 17.6 Å². The van der Waals surface area contributed by atoms with Crippen LogP contribution in [0, 0.1) is 15.9 Å². The number of rotatable bonds is 6. The molecule has 8 nitrogen and oxygen atoms in total. The summed E-state index contributed by atoms with van der Waals surface area (Å²) >= 11 is 1.46. The summed E-state index contributed by atoms with van der Waals surface area (Å²) in [5, 5.41) is 18.7. The van der Waals surface area contributed by atoms with E-state index < -0.39 is 16.6 Å². The van der Waals surface area contributed by atoms with Crippen LogP contribution in [0.15, 0.2) is 40.2 Å². The highest BCUT2D eigenvalue weighted by Crippen LogP contribution is 2.23. The number of aryl methyl sites for hydroxylation is 1. The first-order valence-electron chi connectivity index (χ1n) is 7.13. The normalized spacial score (nSPS) is 10.6. The van der Waals surface area contributed by atoms with Crippen LogP contribution in [0.4, 0.5) is 15.8 Å². The van der Waals surface area contributed by atoms with E-state index in [4.69, 9.17) is 4.52 Å². The van der Waals surface area contributed by atoms with Crippen molar-refractivity contribution in [3.8, 4) is 10.7 Å². The third-order valence-corrected chi connectivity index (χ3v) is 4.08. The van der Waals surface area contributed by atoms with Gasteiger partial charge in [0.15, 0.2) is 0 Å². The SMILES string of the molecule is O=C(CCc1nc(-c2cccs2)no1)Nc1cc([N+](=O)[O-])ccc1F. The Morgan fingerprint density at radius 1 is 1.40 bits per heavy atom. The number of nitrogens with one attached hydrogen (secondary N) is 1. The van der Waals surface area contributed by atoms with Crippen molar-refractivity contribution < 1.29 is 18.6 Å². The van der Waals surface area contributed by atoms with Crippen molar-refractivity contribution in [2.75, 3.05) is 5.32 Å². The molecule has 0 radical (unpaired) electrons. The number of carbonyl (C=O) groups is 1. The van der Waals surface area contributed by atoms with Gasteiger partial charge < -0.3 is 9.84 Å². The predicted octanol–water partition coefficient (Wildman–Crippen LogP) is 3.42. The second kappa shape index (κ2) is 7.18. The fraction of sp³-hybridized carbons (Fsp3) is 0.133. The van der Waals surface area contributed by atoms with Gasteiger partial charge in [-0.1, -0.05) is 11.2 Å². The Morgan fingerprint density at radius 3 is 2.96 bits per heavy atom. The highest BCUT2D eigenvalue weighted by Gasteiger charge is 2.15. The molecule has 0 spiro atoms. The standard InChI is InChI=1S/C15H11FN4O4S/c16-10-4-3-9(20(22)23)8-11(10)17-13(21)5-6-14-18-15(19-24-14)12-2-1-7-25-12/h1-4,7-8H,5-6H2,(H,17,21). The van der Waals surface area contributed by atoms with E-state index in [0.717, 1.165) is 23.1 Å². The molecule has 25 heavy (non-hydrogen) atoms. The number of benzene rings is 1. The highest BCUT2D eigenvalue weighted by molar-refractivity contribution is 7.13. The minimum atomic E-state index is -0.753. The molecule has 128 valence electrons. The number of carbonyl (C=O) groups excluding carboxylic acids is 1. The molecule has 1 aromatic carbocycles. The maximum absolute atomic E-state index is 13.6. The van der Waals surface area contributed by atoms with Crippen LogP contribution in [0.25, 0.3) is 10.7 Å². The van der Waals surface area contributed by atoms with Crippen LogP contribution in [-0.2, 0) is 11.2 Å². The van der Waals surface area contributed by atoms with Crippen molar-refractivity contribution in [3.63, 3.8) is 0 Å². The first kappa shape index (κ1) is 16.7. The van der Waals surface area contributed by atoms with Crippen LogP contribution in [-0.4, -0.2) is 21.0 Å². The maximum Gasteiger partial charge on any atom is 0.271 e. The van der Waals surface area contributed by atoms with Crippen LogP contribution in [0.1, 0.15) is 12.3 Å². The van der Waals surface area contributed by atoms with E-state index in [1.54, 1.807) is 0 Å². The molecule has 0 fully saturated rings. The van der Waals surface area contributed by atoms with Gasteiger partial charge >= 0.3 is 0 Å². The lowest BCUT2D eigenvalue weighted by atomic mass is 10.2. The first-order chi connectivity index (χ1) is 12.0. The molecule has 1 N–H and O–H groups in total. The third-order valence-electron chi connectivity index (χ3n) is 3.21. The van der Waals surface area contributed by atoms with Crippen LogP contribution in [0.5, 0.6) is 0 Å². The second-order valence-corrected chi connectivity index (χ2v) is 5.91.